The largest absolute Gasteiger partial charge is 0.380 e. The van der Waals surface area contributed by atoms with Crippen LogP contribution in [-0.4, -0.2) is 16.2 Å². The first-order chi connectivity index (χ1) is 7.08. The van der Waals surface area contributed by atoms with Gasteiger partial charge in [-0.1, -0.05) is 31.9 Å². The van der Waals surface area contributed by atoms with Gasteiger partial charge in [-0.15, -0.1) is 5.10 Å². The van der Waals surface area contributed by atoms with Gasteiger partial charge in [-0.25, -0.2) is 0 Å². The van der Waals surface area contributed by atoms with Crippen LogP contribution in [0, 0.1) is 5.41 Å². The topological polar surface area (TPSA) is 37.8 Å². The zero-order valence-electron chi connectivity index (χ0n) is 9.13. The Morgan fingerprint density at radius 3 is 2.93 bits per heavy atom. The Hall–Kier alpha value is -0.830. The Bertz CT molecular complexity index is 351. The molecule has 1 N–H and O–H groups in total. The molecule has 1 aliphatic rings. The van der Waals surface area contributed by atoms with Crippen LogP contribution in [0.15, 0.2) is 12.3 Å². The maximum absolute atomic E-state index is 5.79. The fraction of sp³-hybridized carbons (Fsp3) is 0.636. The van der Waals surface area contributed by atoms with Crippen molar-refractivity contribution in [2.24, 2.45) is 5.41 Å². The third kappa shape index (κ3) is 2.40. The second-order valence-electron chi connectivity index (χ2n) is 4.84. The van der Waals surface area contributed by atoms with Crippen LogP contribution >= 0.6 is 11.6 Å². The second-order valence-corrected chi connectivity index (χ2v) is 5.23. The molecule has 82 valence electrons. The summed E-state index contributed by atoms with van der Waals surface area (Å²) in [7, 11) is 0. The third-order valence-electron chi connectivity index (χ3n) is 3.22. The Balaban J connectivity index is 2.09. The summed E-state index contributed by atoms with van der Waals surface area (Å²) in [6.45, 7) is 4.60. The summed E-state index contributed by atoms with van der Waals surface area (Å²) in [5, 5.41) is 11.5. The van der Waals surface area contributed by atoms with Crippen LogP contribution in [0.3, 0.4) is 0 Å². The lowest BCUT2D eigenvalue weighted by Crippen LogP contribution is -2.30. The van der Waals surface area contributed by atoms with E-state index in [1.807, 2.05) is 6.07 Å². The van der Waals surface area contributed by atoms with E-state index >= 15 is 0 Å². The first kappa shape index (κ1) is 10.7. The molecule has 0 aliphatic heterocycles. The van der Waals surface area contributed by atoms with Gasteiger partial charge in [0.15, 0.2) is 5.15 Å². The van der Waals surface area contributed by atoms with E-state index in [2.05, 4.69) is 29.4 Å². The van der Waals surface area contributed by atoms with Gasteiger partial charge in [0, 0.05) is 12.1 Å². The summed E-state index contributed by atoms with van der Waals surface area (Å²) in [4.78, 5) is 0. The summed E-state index contributed by atoms with van der Waals surface area (Å²) in [6.07, 6.45) is 5.50. The summed E-state index contributed by atoms with van der Waals surface area (Å²) < 4.78 is 0. The Morgan fingerprint density at radius 2 is 2.33 bits per heavy atom. The van der Waals surface area contributed by atoms with Crippen molar-refractivity contribution in [2.75, 3.05) is 5.32 Å². The molecule has 0 saturated heterocycles. The summed E-state index contributed by atoms with van der Waals surface area (Å²) in [5.74, 6) is 0. The van der Waals surface area contributed by atoms with Gasteiger partial charge in [0.2, 0.25) is 0 Å². The molecule has 0 spiro atoms. The van der Waals surface area contributed by atoms with Crippen LogP contribution in [-0.2, 0) is 0 Å². The molecule has 1 aromatic rings. The first-order valence-electron chi connectivity index (χ1n) is 5.33. The molecule has 1 aromatic heterocycles. The van der Waals surface area contributed by atoms with Gasteiger partial charge < -0.3 is 5.32 Å². The number of anilines is 1. The number of nitrogens with one attached hydrogen (secondary N) is 1. The molecule has 0 radical (unpaired) electrons. The van der Waals surface area contributed by atoms with Gasteiger partial charge in [0.05, 0.1) is 11.9 Å². The SMILES string of the molecule is CC1(C)CCCC1Nc1cnnc(Cl)c1. The number of rotatable bonds is 2. The van der Waals surface area contributed by atoms with E-state index in [-0.39, 0.29) is 0 Å². The zero-order chi connectivity index (χ0) is 10.9. The lowest BCUT2D eigenvalue weighted by molar-refractivity contribution is 0.350. The van der Waals surface area contributed by atoms with E-state index in [1.54, 1.807) is 6.20 Å². The highest BCUT2D eigenvalue weighted by molar-refractivity contribution is 6.29. The van der Waals surface area contributed by atoms with Gasteiger partial charge >= 0.3 is 0 Å². The molecule has 2 rings (SSSR count). The molecule has 1 atom stereocenters. The van der Waals surface area contributed by atoms with Crippen molar-refractivity contribution in [1.82, 2.24) is 10.2 Å². The van der Waals surface area contributed by atoms with Crippen LogP contribution in [0.25, 0.3) is 0 Å². The Kier molecular flexibility index (Phi) is 2.83. The average molecular weight is 226 g/mol. The van der Waals surface area contributed by atoms with Gasteiger partial charge in [-0.3, -0.25) is 0 Å². The monoisotopic (exact) mass is 225 g/mol. The molecule has 1 aliphatic carbocycles. The third-order valence-corrected chi connectivity index (χ3v) is 3.41. The van der Waals surface area contributed by atoms with E-state index in [1.165, 1.54) is 19.3 Å². The lowest BCUT2D eigenvalue weighted by Gasteiger charge is -2.28. The van der Waals surface area contributed by atoms with Crippen LogP contribution < -0.4 is 5.32 Å². The van der Waals surface area contributed by atoms with E-state index in [4.69, 9.17) is 11.6 Å². The van der Waals surface area contributed by atoms with Crippen LogP contribution in [0.1, 0.15) is 33.1 Å². The lowest BCUT2D eigenvalue weighted by atomic mass is 9.87. The average Bonchev–Trinajstić information content (AvgIpc) is 2.46. The van der Waals surface area contributed by atoms with E-state index in [0.29, 0.717) is 16.6 Å². The number of hydrogen-bond donors (Lipinski definition) is 1. The van der Waals surface area contributed by atoms with Crippen molar-refractivity contribution in [1.29, 1.82) is 0 Å². The molecule has 1 saturated carbocycles. The standard InChI is InChI=1S/C11H16ClN3/c1-11(2)5-3-4-9(11)14-8-6-10(12)15-13-7-8/h6-7,9H,3-5H2,1-2H3,(H,14,15). The molecule has 3 nitrogen and oxygen atoms in total. The fourth-order valence-electron chi connectivity index (χ4n) is 2.22. The molecule has 4 heteroatoms. The van der Waals surface area contributed by atoms with E-state index in [0.717, 1.165) is 5.69 Å². The van der Waals surface area contributed by atoms with Gasteiger partial charge in [-0.2, -0.15) is 5.10 Å². The summed E-state index contributed by atoms with van der Waals surface area (Å²) in [6, 6.07) is 2.33. The minimum atomic E-state index is 0.357. The highest BCUT2D eigenvalue weighted by Crippen LogP contribution is 2.38. The minimum Gasteiger partial charge on any atom is -0.380 e. The van der Waals surface area contributed by atoms with Gasteiger partial charge in [-0.05, 0) is 18.3 Å². The molecule has 1 heterocycles. The predicted octanol–water partition coefficient (Wildman–Crippen LogP) is 3.12. The number of halogens is 1. The fourth-order valence-corrected chi connectivity index (χ4v) is 2.38. The van der Waals surface area contributed by atoms with E-state index < -0.39 is 0 Å². The molecule has 0 aromatic carbocycles. The Labute approximate surface area is 95.2 Å². The van der Waals surface area contributed by atoms with Crippen molar-refractivity contribution in [3.63, 3.8) is 0 Å². The van der Waals surface area contributed by atoms with E-state index in [9.17, 15) is 0 Å². The number of aromatic nitrogens is 2. The predicted molar refractivity (Wildman–Crippen MR) is 62.1 cm³/mol. The highest BCUT2D eigenvalue weighted by Gasteiger charge is 2.34. The number of hydrogen-bond acceptors (Lipinski definition) is 3. The highest BCUT2D eigenvalue weighted by atomic mass is 35.5. The molecule has 0 amide bonds. The van der Waals surface area contributed by atoms with Crippen LogP contribution in [0.5, 0.6) is 0 Å². The van der Waals surface area contributed by atoms with Crippen molar-refractivity contribution >= 4 is 17.3 Å². The van der Waals surface area contributed by atoms with Crippen molar-refractivity contribution < 1.29 is 0 Å². The summed E-state index contributed by atoms with van der Waals surface area (Å²) in [5.41, 5.74) is 1.32. The maximum atomic E-state index is 5.79. The molecular formula is C11H16ClN3. The van der Waals surface area contributed by atoms with Gasteiger partial charge in [0.25, 0.3) is 0 Å². The second kappa shape index (κ2) is 3.97. The first-order valence-corrected chi connectivity index (χ1v) is 5.70. The molecular weight excluding hydrogens is 210 g/mol. The summed E-state index contributed by atoms with van der Waals surface area (Å²) >= 11 is 5.79. The molecule has 1 unspecified atom stereocenters. The van der Waals surface area contributed by atoms with Crippen molar-refractivity contribution in [3.05, 3.63) is 17.4 Å². The Morgan fingerprint density at radius 1 is 1.53 bits per heavy atom. The van der Waals surface area contributed by atoms with Crippen molar-refractivity contribution in [2.45, 2.75) is 39.2 Å². The minimum absolute atomic E-state index is 0.357. The van der Waals surface area contributed by atoms with Crippen molar-refractivity contribution in [3.8, 4) is 0 Å². The molecule has 0 bridgehead atoms. The smallest absolute Gasteiger partial charge is 0.153 e. The zero-order valence-corrected chi connectivity index (χ0v) is 9.88. The van der Waals surface area contributed by atoms with Crippen LogP contribution in [0.2, 0.25) is 5.15 Å². The molecule has 1 fully saturated rings. The van der Waals surface area contributed by atoms with Gasteiger partial charge in [0.1, 0.15) is 0 Å². The molecule has 15 heavy (non-hydrogen) atoms. The number of nitrogens with zero attached hydrogens (tertiary/aromatic N) is 2. The van der Waals surface area contributed by atoms with Crippen LogP contribution in [0.4, 0.5) is 5.69 Å². The normalized spacial score (nSPS) is 24.1. The maximum Gasteiger partial charge on any atom is 0.153 e. The quantitative estimate of drug-likeness (QED) is 0.841.